The summed E-state index contributed by atoms with van der Waals surface area (Å²) in [6.07, 6.45) is 0. The van der Waals surface area contributed by atoms with Crippen LogP contribution in [0.5, 0.6) is 0 Å². The van der Waals surface area contributed by atoms with E-state index in [-0.39, 0.29) is 23.2 Å². The fourth-order valence-electron chi connectivity index (χ4n) is 2.90. The average Bonchev–Trinajstić information content (AvgIpc) is 2.70. The zero-order chi connectivity index (χ0) is 21.9. The quantitative estimate of drug-likeness (QED) is 0.502. The molecule has 3 rings (SSSR count). The first-order valence-corrected chi connectivity index (χ1v) is 10.7. The lowest BCUT2D eigenvalue weighted by Crippen LogP contribution is -2.40. The first kappa shape index (κ1) is 21.6. The number of hydrogen-bond acceptors (Lipinski definition) is 6. The van der Waals surface area contributed by atoms with Crippen LogP contribution in [-0.4, -0.2) is 30.3 Å². The second-order valence-corrected chi connectivity index (χ2v) is 8.82. The monoisotopic (exact) mass is 431 g/mol. The summed E-state index contributed by atoms with van der Waals surface area (Å²) in [6.45, 7) is 3.47. The zero-order valence-electron chi connectivity index (χ0n) is 16.5. The molecule has 0 aliphatic carbocycles. The van der Waals surface area contributed by atoms with Crippen LogP contribution in [0.2, 0.25) is 0 Å². The number of sulfonamides is 1. The molecule has 30 heavy (non-hydrogen) atoms. The Morgan fingerprint density at radius 3 is 2.53 bits per heavy atom. The third-order valence-electron chi connectivity index (χ3n) is 4.44. The number of benzene rings is 2. The number of halogens is 1. The van der Waals surface area contributed by atoms with Crippen molar-refractivity contribution in [1.82, 2.24) is 14.7 Å². The molecule has 0 fully saturated rings. The molecule has 8 nitrogen and oxygen atoms in total. The Bertz CT molecular complexity index is 1180. The number of para-hydroxylation sites is 1. The highest BCUT2D eigenvalue weighted by atomic mass is 32.2. The third kappa shape index (κ3) is 4.89. The lowest BCUT2D eigenvalue weighted by atomic mass is 10.0. The minimum absolute atomic E-state index is 0.0915. The summed E-state index contributed by atoms with van der Waals surface area (Å²) in [5.41, 5.74) is 6.06. The Morgan fingerprint density at radius 1 is 1.13 bits per heavy atom. The molecule has 0 aliphatic heterocycles. The van der Waals surface area contributed by atoms with Gasteiger partial charge in [0.1, 0.15) is 23.5 Å². The Balaban J connectivity index is 1.92. The van der Waals surface area contributed by atoms with Crippen LogP contribution in [0.3, 0.4) is 0 Å². The van der Waals surface area contributed by atoms with Gasteiger partial charge in [0, 0.05) is 5.39 Å². The van der Waals surface area contributed by atoms with Gasteiger partial charge in [-0.25, -0.2) is 27.5 Å². The SMILES string of the molecule is CC(C)[C@H](Nc1nc(CNS(=O)(=O)c2cccc(F)c2)nc2ccccc12)C(N)=O. The molecule has 0 saturated carbocycles. The largest absolute Gasteiger partial charge is 0.368 e. The van der Waals surface area contributed by atoms with Crippen molar-refractivity contribution in [2.75, 3.05) is 5.32 Å². The number of rotatable bonds is 8. The molecule has 0 bridgehead atoms. The molecule has 3 aromatic rings. The highest BCUT2D eigenvalue weighted by molar-refractivity contribution is 7.89. The van der Waals surface area contributed by atoms with Crippen molar-refractivity contribution in [3.63, 3.8) is 0 Å². The average molecular weight is 431 g/mol. The molecule has 4 N–H and O–H groups in total. The molecule has 0 unspecified atom stereocenters. The lowest BCUT2D eigenvalue weighted by Gasteiger charge is -2.21. The lowest BCUT2D eigenvalue weighted by molar-refractivity contribution is -0.119. The zero-order valence-corrected chi connectivity index (χ0v) is 17.3. The number of amides is 1. The van der Waals surface area contributed by atoms with Gasteiger partial charge in [-0.05, 0) is 36.2 Å². The van der Waals surface area contributed by atoms with E-state index in [9.17, 15) is 17.6 Å². The van der Waals surface area contributed by atoms with Gasteiger partial charge >= 0.3 is 0 Å². The third-order valence-corrected chi connectivity index (χ3v) is 5.84. The maximum atomic E-state index is 13.4. The van der Waals surface area contributed by atoms with Gasteiger partial charge in [0.2, 0.25) is 15.9 Å². The van der Waals surface area contributed by atoms with Crippen molar-refractivity contribution in [3.8, 4) is 0 Å². The second kappa shape index (κ2) is 8.72. The summed E-state index contributed by atoms with van der Waals surface area (Å²) in [6, 6.07) is 11.2. The molecule has 158 valence electrons. The van der Waals surface area contributed by atoms with Crippen LogP contribution in [-0.2, 0) is 21.4 Å². The van der Waals surface area contributed by atoms with Crippen LogP contribution >= 0.6 is 0 Å². The summed E-state index contributed by atoms with van der Waals surface area (Å²) < 4.78 is 40.7. The van der Waals surface area contributed by atoms with E-state index < -0.39 is 27.8 Å². The minimum atomic E-state index is -3.96. The van der Waals surface area contributed by atoms with Gasteiger partial charge in [0.25, 0.3) is 0 Å². The van der Waals surface area contributed by atoms with Crippen LogP contribution in [0.15, 0.2) is 53.4 Å². The molecule has 0 radical (unpaired) electrons. The van der Waals surface area contributed by atoms with Gasteiger partial charge in [-0.1, -0.05) is 32.0 Å². The topological polar surface area (TPSA) is 127 Å². The van der Waals surface area contributed by atoms with Gasteiger partial charge in [-0.3, -0.25) is 4.79 Å². The van der Waals surface area contributed by atoms with Crippen LogP contribution in [0.1, 0.15) is 19.7 Å². The van der Waals surface area contributed by atoms with E-state index in [2.05, 4.69) is 20.0 Å². The van der Waals surface area contributed by atoms with Crippen LogP contribution in [0, 0.1) is 11.7 Å². The number of primary amides is 1. The summed E-state index contributed by atoms with van der Waals surface area (Å²) in [5.74, 6) is -0.717. The predicted molar refractivity (Wildman–Crippen MR) is 111 cm³/mol. The van der Waals surface area contributed by atoms with Crippen molar-refractivity contribution in [1.29, 1.82) is 0 Å². The summed E-state index contributed by atoms with van der Waals surface area (Å²) >= 11 is 0. The second-order valence-electron chi connectivity index (χ2n) is 7.06. The van der Waals surface area contributed by atoms with Gasteiger partial charge in [0.05, 0.1) is 17.0 Å². The Kier molecular flexibility index (Phi) is 6.28. The molecule has 1 atom stereocenters. The van der Waals surface area contributed by atoms with Gasteiger partial charge < -0.3 is 11.1 Å². The van der Waals surface area contributed by atoms with Gasteiger partial charge in [0.15, 0.2) is 0 Å². The maximum Gasteiger partial charge on any atom is 0.241 e. The molecule has 2 aromatic carbocycles. The fourth-order valence-corrected chi connectivity index (χ4v) is 3.92. The molecule has 1 aromatic heterocycles. The van der Waals surface area contributed by atoms with Crippen molar-refractivity contribution in [2.45, 2.75) is 31.3 Å². The number of carbonyl (C=O) groups is 1. The van der Waals surface area contributed by atoms with Gasteiger partial charge in [-0.2, -0.15) is 0 Å². The number of anilines is 1. The first-order chi connectivity index (χ1) is 14.2. The molecular formula is C20H22FN5O3S. The summed E-state index contributed by atoms with van der Waals surface area (Å²) in [5, 5.41) is 3.71. The van der Waals surface area contributed by atoms with Crippen LogP contribution in [0.25, 0.3) is 10.9 Å². The molecule has 10 heteroatoms. The van der Waals surface area contributed by atoms with E-state index in [1.807, 2.05) is 13.8 Å². The minimum Gasteiger partial charge on any atom is -0.368 e. The highest BCUT2D eigenvalue weighted by Gasteiger charge is 2.22. The number of aromatic nitrogens is 2. The van der Waals surface area contributed by atoms with E-state index in [4.69, 9.17) is 5.73 Å². The fraction of sp³-hybridized carbons (Fsp3) is 0.250. The number of fused-ring (bicyclic) bond motifs is 1. The van der Waals surface area contributed by atoms with E-state index in [1.54, 1.807) is 24.3 Å². The number of carbonyl (C=O) groups excluding carboxylic acids is 1. The van der Waals surface area contributed by atoms with Crippen molar-refractivity contribution in [2.24, 2.45) is 11.7 Å². The molecule has 0 spiro atoms. The number of nitrogens with one attached hydrogen (secondary N) is 2. The predicted octanol–water partition coefficient (Wildman–Crippen LogP) is 2.17. The Morgan fingerprint density at radius 2 is 1.87 bits per heavy atom. The molecule has 0 aliphatic rings. The molecular weight excluding hydrogens is 409 g/mol. The van der Waals surface area contributed by atoms with E-state index >= 15 is 0 Å². The molecule has 1 amide bonds. The summed E-state index contributed by atoms with van der Waals surface area (Å²) in [7, 11) is -3.96. The first-order valence-electron chi connectivity index (χ1n) is 9.24. The van der Waals surface area contributed by atoms with Crippen molar-refractivity contribution >= 4 is 32.7 Å². The van der Waals surface area contributed by atoms with Crippen molar-refractivity contribution in [3.05, 3.63) is 60.2 Å². The smallest absolute Gasteiger partial charge is 0.241 e. The molecule has 0 saturated heterocycles. The van der Waals surface area contributed by atoms with E-state index in [0.717, 1.165) is 12.1 Å². The summed E-state index contributed by atoms with van der Waals surface area (Å²) in [4.78, 5) is 20.4. The van der Waals surface area contributed by atoms with Crippen LogP contribution < -0.4 is 15.8 Å². The number of nitrogens with two attached hydrogens (primary N) is 1. The van der Waals surface area contributed by atoms with Crippen molar-refractivity contribution < 1.29 is 17.6 Å². The highest BCUT2D eigenvalue weighted by Crippen LogP contribution is 2.22. The standard InChI is InChI=1S/C20H22FN5O3S/c1-12(2)18(19(22)27)26-20-15-8-3-4-9-16(15)24-17(25-20)11-23-30(28,29)14-7-5-6-13(21)10-14/h3-10,12,18,23H,11H2,1-2H3,(H2,22,27)(H,24,25,26)/t18-/m0/s1. The van der Waals surface area contributed by atoms with E-state index in [0.29, 0.717) is 16.7 Å². The number of hydrogen-bond donors (Lipinski definition) is 3. The van der Waals surface area contributed by atoms with E-state index in [1.165, 1.54) is 12.1 Å². The normalized spacial score (nSPS) is 12.8. The molecule has 1 heterocycles. The Hall–Kier alpha value is -3.11. The van der Waals surface area contributed by atoms with Crippen LogP contribution in [0.4, 0.5) is 10.2 Å². The maximum absolute atomic E-state index is 13.4. The van der Waals surface area contributed by atoms with Gasteiger partial charge in [-0.15, -0.1) is 0 Å². The number of nitrogens with zero attached hydrogens (tertiary/aromatic N) is 2. The Labute approximate surface area is 173 Å².